The predicted octanol–water partition coefficient (Wildman–Crippen LogP) is 3.69. The van der Waals surface area contributed by atoms with Crippen molar-refractivity contribution in [1.82, 2.24) is 14.9 Å². The Kier molecular flexibility index (Phi) is 9.46. The average molecular weight is 471 g/mol. The highest BCUT2D eigenvalue weighted by atomic mass is 32.2. The molecule has 4 rings (SSSR count). The van der Waals surface area contributed by atoms with Crippen molar-refractivity contribution in [3.63, 3.8) is 0 Å². The molecule has 8 nitrogen and oxygen atoms in total. The van der Waals surface area contributed by atoms with Gasteiger partial charge in [0.15, 0.2) is 11.5 Å². The number of hydrogen-bond donors (Lipinski definition) is 1. The molecule has 9 heteroatoms. The summed E-state index contributed by atoms with van der Waals surface area (Å²) in [5.74, 6) is 2.18. The van der Waals surface area contributed by atoms with Crippen LogP contribution in [0.15, 0.2) is 60.0 Å². The monoisotopic (exact) mass is 470 g/mol. The maximum Gasteiger partial charge on any atom is 0.161 e. The highest BCUT2D eigenvalue weighted by Crippen LogP contribution is 2.27. The molecule has 0 atom stereocenters. The smallest absolute Gasteiger partial charge is 0.161 e. The Balaban J connectivity index is 0.000000205. The summed E-state index contributed by atoms with van der Waals surface area (Å²) in [6.07, 6.45) is 4.65. The first kappa shape index (κ1) is 24.5. The second-order valence-corrected chi connectivity index (χ2v) is 8.20. The molecule has 0 amide bonds. The van der Waals surface area contributed by atoms with Gasteiger partial charge in [0.25, 0.3) is 0 Å². The second-order valence-electron chi connectivity index (χ2n) is 7.43. The van der Waals surface area contributed by atoms with E-state index in [1.807, 2.05) is 18.2 Å². The Hall–Kier alpha value is -3.17. The number of hydrogen-bond acceptors (Lipinski definition) is 8. The predicted molar refractivity (Wildman–Crippen MR) is 131 cm³/mol. The van der Waals surface area contributed by atoms with Crippen molar-refractivity contribution >= 4 is 24.0 Å². The maximum absolute atomic E-state index is 10.3. The zero-order valence-corrected chi connectivity index (χ0v) is 20.0. The number of aldehydes is 1. The van der Waals surface area contributed by atoms with E-state index < -0.39 is 0 Å². The highest BCUT2D eigenvalue weighted by molar-refractivity contribution is 7.95. The van der Waals surface area contributed by atoms with E-state index in [0.29, 0.717) is 17.9 Å². The summed E-state index contributed by atoms with van der Waals surface area (Å²) in [5, 5.41) is 0.896. The Morgan fingerprint density at radius 2 is 1.76 bits per heavy atom. The fourth-order valence-corrected chi connectivity index (χ4v) is 3.76. The normalized spacial score (nSPS) is 13.6. The summed E-state index contributed by atoms with van der Waals surface area (Å²) in [6, 6.07) is 13.7. The molecule has 1 N–H and O–H groups in total. The van der Waals surface area contributed by atoms with Crippen LogP contribution in [-0.2, 0) is 11.2 Å². The largest absolute Gasteiger partial charge is 0.493 e. The van der Waals surface area contributed by atoms with Crippen molar-refractivity contribution in [3.05, 3.63) is 60.6 Å². The number of carbonyl (C=O) groups excluding carboxylic acids is 1. The topological polar surface area (TPSA) is 79.9 Å². The summed E-state index contributed by atoms with van der Waals surface area (Å²) in [5.41, 5.74) is 2.18. The fourth-order valence-electron chi connectivity index (χ4n) is 3.26. The van der Waals surface area contributed by atoms with E-state index in [-0.39, 0.29) is 0 Å². The lowest BCUT2D eigenvalue weighted by molar-refractivity contribution is -0.107. The van der Waals surface area contributed by atoms with Gasteiger partial charge >= 0.3 is 0 Å². The SMILES string of the molecule is CN1CCN(c2ccc(OSc3cnc[nH]3)cc2)CC1.COc1ccc(CC=O)cc1OC. The molecule has 0 bridgehead atoms. The molecule has 1 fully saturated rings. The van der Waals surface area contributed by atoms with Gasteiger partial charge in [-0.1, -0.05) is 6.07 Å². The van der Waals surface area contributed by atoms with Gasteiger partial charge in [-0.3, -0.25) is 0 Å². The minimum atomic E-state index is 0.403. The standard InChI is InChI=1S/C14H18N4OS.C10H12O3/c1-17-6-8-18(9-7-17)12-2-4-13(5-3-12)19-20-14-10-15-11-16-14;1-12-9-4-3-8(5-6-11)7-10(9)13-2/h2-5,10-11H,6-9H2,1H3,(H,15,16);3-4,6-7H,5H2,1-2H3. The quantitative estimate of drug-likeness (QED) is 0.394. The Bertz CT molecular complexity index is 975. The lowest BCUT2D eigenvalue weighted by atomic mass is 10.1. The van der Waals surface area contributed by atoms with Crippen LogP contribution in [0.4, 0.5) is 5.69 Å². The second kappa shape index (κ2) is 12.8. The molecule has 0 unspecified atom stereocenters. The average Bonchev–Trinajstić information content (AvgIpc) is 3.38. The number of benzene rings is 2. The maximum atomic E-state index is 10.3. The van der Waals surface area contributed by atoms with E-state index in [4.69, 9.17) is 13.7 Å². The summed E-state index contributed by atoms with van der Waals surface area (Å²) < 4.78 is 15.8. The summed E-state index contributed by atoms with van der Waals surface area (Å²) in [6.45, 7) is 4.40. The van der Waals surface area contributed by atoms with Gasteiger partial charge in [-0.15, -0.1) is 0 Å². The third kappa shape index (κ3) is 7.44. The molecular weight excluding hydrogens is 440 g/mol. The lowest BCUT2D eigenvalue weighted by Crippen LogP contribution is -2.44. The number of nitrogens with zero attached hydrogens (tertiary/aromatic N) is 3. The van der Waals surface area contributed by atoms with Crippen LogP contribution in [-0.4, -0.2) is 68.6 Å². The first-order chi connectivity index (χ1) is 16.1. The van der Waals surface area contributed by atoms with Crippen LogP contribution in [0.1, 0.15) is 5.56 Å². The molecule has 1 saturated heterocycles. The van der Waals surface area contributed by atoms with Crippen molar-refractivity contribution in [2.24, 2.45) is 0 Å². The minimum Gasteiger partial charge on any atom is -0.493 e. The van der Waals surface area contributed by atoms with Gasteiger partial charge in [0.1, 0.15) is 29.1 Å². The summed E-state index contributed by atoms with van der Waals surface area (Å²) in [7, 11) is 5.32. The summed E-state index contributed by atoms with van der Waals surface area (Å²) in [4.78, 5) is 22.0. The van der Waals surface area contributed by atoms with Crippen LogP contribution >= 0.6 is 12.0 Å². The number of piperazine rings is 1. The molecule has 3 aromatic rings. The van der Waals surface area contributed by atoms with Gasteiger partial charge in [-0.25, -0.2) is 4.98 Å². The molecule has 1 aromatic heterocycles. The van der Waals surface area contributed by atoms with Crippen LogP contribution in [0.25, 0.3) is 0 Å². The molecule has 0 radical (unpaired) electrons. The lowest BCUT2D eigenvalue weighted by Gasteiger charge is -2.34. The van der Waals surface area contributed by atoms with Gasteiger partial charge in [-0.2, -0.15) is 0 Å². The van der Waals surface area contributed by atoms with Crippen molar-refractivity contribution in [3.8, 4) is 17.2 Å². The van der Waals surface area contributed by atoms with E-state index in [1.165, 1.54) is 17.7 Å². The van der Waals surface area contributed by atoms with Gasteiger partial charge in [0.05, 0.1) is 26.7 Å². The molecule has 0 aliphatic carbocycles. The van der Waals surface area contributed by atoms with Crippen LogP contribution in [0.3, 0.4) is 0 Å². The Labute approximate surface area is 199 Å². The molecule has 0 spiro atoms. The molecule has 1 aliphatic rings. The van der Waals surface area contributed by atoms with Gasteiger partial charge in [0, 0.05) is 38.3 Å². The van der Waals surface area contributed by atoms with E-state index >= 15 is 0 Å². The van der Waals surface area contributed by atoms with E-state index in [2.05, 4.69) is 38.9 Å². The molecule has 176 valence electrons. The first-order valence-electron chi connectivity index (χ1n) is 10.6. The molecule has 2 aromatic carbocycles. The van der Waals surface area contributed by atoms with E-state index in [1.54, 1.807) is 38.9 Å². The van der Waals surface area contributed by atoms with Crippen LogP contribution < -0.4 is 18.6 Å². The number of aromatic nitrogens is 2. The highest BCUT2D eigenvalue weighted by Gasteiger charge is 2.14. The molecular formula is C24H30N4O4S. The number of H-pyrrole nitrogens is 1. The molecule has 0 saturated carbocycles. The van der Waals surface area contributed by atoms with Crippen molar-refractivity contribution in [2.45, 2.75) is 11.4 Å². The third-order valence-corrected chi connectivity index (χ3v) is 5.85. The Morgan fingerprint density at radius 1 is 1.03 bits per heavy atom. The Morgan fingerprint density at radius 3 is 2.36 bits per heavy atom. The van der Waals surface area contributed by atoms with E-state index in [0.717, 1.165) is 48.8 Å². The minimum absolute atomic E-state index is 0.403. The van der Waals surface area contributed by atoms with Crippen LogP contribution in [0.5, 0.6) is 17.2 Å². The van der Waals surface area contributed by atoms with Crippen LogP contribution in [0, 0.1) is 0 Å². The number of imidazole rings is 1. The van der Waals surface area contributed by atoms with Crippen molar-refractivity contribution in [1.29, 1.82) is 0 Å². The number of likely N-dealkylation sites (N-methyl/N-ethyl adjacent to an activating group) is 1. The zero-order chi connectivity index (χ0) is 23.5. The van der Waals surface area contributed by atoms with E-state index in [9.17, 15) is 4.79 Å². The first-order valence-corrected chi connectivity index (χ1v) is 11.4. The third-order valence-electron chi connectivity index (χ3n) is 5.17. The molecule has 2 heterocycles. The number of rotatable bonds is 8. The fraction of sp³-hybridized carbons (Fsp3) is 0.333. The van der Waals surface area contributed by atoms with Gasteiger partial charge in [-0.05, 0) is 49.0 Å². The van der Waals surface area contributed by atoms with Crippen molar-refractivity contribution in [2.75, 3.05) is 52.3 Å². The molecule has 33 heavy (non-hydrogen) atoms. The summed E-state index contributed by atoms with van der Waals surface area (Å²) >= 11 is 1.28. The van der Waals surface area contributed by atoms with Gasteiger partial charge < -0.3 is 33.2 Å². The number of methoxy groups -OCH3 is 2. The number of nitrogens with one attached hydrogen (secondary N) is 1. The number of ether oxygens (including phenoxy) is 2. The number of anilines is 1. The number of aromatic amines is 1. The number of carbonyl (C=O) groups is 1. The van der Waals surface area contributed by atoms with Gasteiger partial charge in [0.2, 0.25) is 0 Å². The molecule has 1 aliphatic heterocycles. The van der Waals surface area contributed by atoms with Crippen molar-refractivity contribution < 1.29 is 18.5 Å². The van der Waals surface area contributed by atoms with Crippen LogP contribution in [0.2, 0.25) is 0 Å². The zero-order valence-electron chi connectivity index (χ0n) is 19.2.